The van der Waals surface area contributed by atoms with Gasteiger partial charge in [-0.1, -0.05) is 31.9 Å². The molecule has 1 amide bonds. The summed E-state index contributed by atoms with van der Waals surface area (Å²) in [4.78, 5) is 29.9. The SMILES string of the molecule is CCCCCn1c(N2CCCN(CCC(CN(C)C(=O)c3cc(OC)c(OC)c(OC)c3)c3ccncc3)CC2)nc2ccccc21. The number of ether oxygens (including phenoxy) is 3. The molecule has 0 N–H and O–H groups in total. The molecule has 0 spiro atoms. The molecule has 0 saturated carbocycles. The second kappa shape index (κ2) is 16.5. The summed E-state index contributed by atoms with van der Waals surface area (Å²) in [6.07, 6.45) is 9.26. The van der Waals surface area contributed by atoms with Crippen LogP contribution >= 0.6 is 0 Å². The Bertz CT molecular complexity index is 1570. The number of imidazole rings is 1. The number of aromatic nitrogens is 3. The van der Waals surface area contributed by atoms with Crippen molar-refractivity contribution >= 4 is 22.9 Å². The molecule has 0 aliphatic carbocycles. The van der Waals surface area contributed by atoms with Gasteiger partial charge in [-0.25, -0.2) is 4.98 Å². The van der Waals surface area contributed by atoms with Crippen LogP contribution in [0.25, 0.3) is 11.0 Å². The van der Waals surface area contributed by atoms with Crippen LogP contribution < -0.4 is 19.1 Å². The first-order chi connectivity index (χ1) is 23.0. The highest BCUT2D eigenvalue weighted by Gasteiger charge is 2.25. The lowest BCUT2D eigenvalue weighted by atomic mass is 9.95. The maximum absolute atomic E-state index is 13.7. The van der Waals surface area contributed by atoms with E-state index in [2.05, 4.69) is 62.7 Å². The molecule has 1 unspecified atom stereocenters. The second-order valence-corrected chi connectivity index (χ2v) is 12.3. The summed E-state index contributed by atoms with van der Waals surface area (Å²) in [5, 5.41) is 0. The Hall–Kier alpha value is -4.31. The summed E-state index contributed by atoms with van der Waals surface area (Å²) < 4.78 is 18.9. The van der Waals surface area contributed by atoms with Crippen molar-refractivity contribution < 1.29 is 19.0 Å². The molecule has 0 bridgehead atoms. The maximum Gasteiger partial charge on any atom is 0.253 e. The summed E-state index contributed by atoms with van der Waals surface area (Å²) in [6.45, 7) is 8.71. The van der Waals surface area contributed by atoms with Crippen LogP contribution in [0.3, 0.4) is 0 Å². The summed E-state index contributed by atoms with van der Waals surface area (Å²) in [6, 6.07) is 16.1. The number of likely N-dealkylation sites (N-methyl/N-ethyl adjacent to an activating group) is 1. The van der Waals surface area contributed by atoms with Gasteiger partial charge in [-0.15, -0.1) is 0 Å². The highest BCUT2D eigenvalue weighted by molar-refractivity contribution is 5.95. The van der Waals surface area contributed by atoms with Crippen molar-refractivity contribution in [2.24, 2.45) is 0 Å². The molecule has 47 heavy (non-hydrogen) atoms. The smallest absolute Gasteiger partial charge is 0.253 e. The Morgan fingerprint density at radius 2 is 1.66 bits per heavy atom. The third-order valence-electron chi connectivity index (χ3n) is 9.21. The first kappa shape index (κ1) is 34.0. The lowest BCUT2D eigenvalue weighted by Gasteiger charge is -2.28. The standard InChI is InChI=1S/C37H50N6O4/c1-6-7-10-21-43-32-13-9-8-12-31(32)39-37(43)42-20-11-19-41(23-24-42)22-16-29(28-14-17-38-18-15-28)27-40(2)36(44)30-25-33(45-3)35(47-5)34(26-30)46-4/h8-9,12-15,17-18,25-26,29H,6-7,10-11,16,19-24,27H2,1-5H3. The molecule has 3 heterocycles. The van der Waals surface area contributed by atoms with Crippen LogP contribution in [-0.2, 0) is 6.54 Å². The van der Waals surface area contributed by atoms with Crippen LogP contribution in [0, 0.1) is 0 Å². The van der Waals surface area contributed by atoms with Gasteiger partial charge >= 0.3 is 0 Å². The van der Waals surface area contributed by atoms with Gasteiger partial charge in [0, 0.05) is 63.6 Å². The Kier molecular flexibility index (Phi) is 11.9. The number of pyridine rings is 1. The van der Waals surface area contributed by atoms with Crippen molar-refractivity contribution in [1.82, 2.24) is 24.3 Å². The molecule has 10 heteroatoms. The van der Waals surface area contributed by atoms with E-state index in [-0.39, 0.29) is 11.8 Å². The van der Waals surface area contributed by atoms with Crippen molar-refractivity contribution in [2.45, 2.75) is 51.5 Å². The number of para-hydroxylation sites is 2. The van der Waals surface area contributed by atoms with E-state index in [9.17, 15) is 4.79 Å². The number of rotatable bonds is 15. The number of anilines is 1. The van der Waals surface area contributed by atoms with Gasteiger partial charge in [0.05, 0.1) is 32.4 Å². The molecule has 1 aliphatic heterocycles. The van der Waals surface area contributed by atoms with Gasteiger partial charge in [-0.2, -0.15) is 0 Å². The molecule has 2 aromatic carbocycles. The van der Waals surface area contributed by atoms with Crippen LogP contribution in [-0.4, -0.2) is 97.9 Å². The Balaban J connectivity index is 1.26. The van der Waals surface area contributed by atoms with Gasteiger partial charge < -0.3 is 33.5 Å². The second-order valence-electron chi connectivity index (χ2n) is 12.3. The van der Waals surface area contributed by atoms with E-state index < -0.39 is 0 Å². The fourth-order valence-electron chi connectivity index (χ4n) is 6.61. The number of amides is 1. The number of aryl methyl sites for hydroxylation is 1. The van der Waals surface area contributed by atoms with Crippen LogP contribution in [0.4, 0.5) is 5.95 Å². The molecular weight excluding hydrogens is 592 g/mol. The van der Waals surface area contributed by atoms with Crippen molar-refractivity contribution in [2.75, 3.05) is 72.5 Å². The van der Waals surface area contributed by atoms with E-state index in [1.54, 1.807) is 38.4 Å². The lowest BCUT2D eigenvalue weighted by molar-refractivity contribution is 0.0782. The molecule has 0 radical (unpaired) electrons. The van der Waals surface area contributed by atoms with E-state index in [1.165, 1.54) is 23.9 Å². The Morgan fingerprint density at radius 1 is 0.915 bits per heavy atom. The molecule has 5 rings (SSSR count). The van der Waals surface area contributed by atoms with Gasteiger partial charge in [0.1, 0.15) is 0 Å². The zero-order valence-electron chi connectivity index (χ0n) is 28.7. The predicted octanol–water partition coefficient (Wildman–Crippen LogP) is 6.11. The van der Waals surface area contributed by atoms with Crippen LogP contribution in [0.5, 0.6) is 17.2 Å². The average molecular weight is 643 g/mol. The molecule has 10 nitrogen and oxygen atoms in total. The lowest BCUT2D eigenvalue weighted by Crippen LogP contribution is -2.35. The third kappa shape index (κ3) is 8.16. The van der Waals surface area contributed by atoms with Crippen LogP contribution in [0.1, 0.15) is 60.9 Å². The minimum atomic E-state index is -0.101. The summed E-state index contributed by atoms with van der Waals surface area (Å²) in [5.74, 6) is 2.54. The Labute approximate surface area is 279 Å². The quantitative estimate of drug-likeness (QED) is 0.144. The van der Waals surface area contributed by atoms with Crippen molar-refractivity contribution in [3.8, 4) is 17.2 Å². The molecule has 1 aliphatic rings. The zero-order chi connectivity index (χ0) is 33.2. The number of hydrogen-bond donors (Lipinski definition) is 0. The fraction of sp³-hybridized carbons (Fsp3) is 0.486. The van der Waals surface area contributed by atoms with E-state index in [1.807, 2.05) is 19.4 Å². The van der Waals surface area contributed by atoms with Gasteiger partial charge in [-0.05, 0) is 74.3 Å². The van der Waals surface area contributed by atoms with Gasteiger partial charge in [0.2, 0.25) is 11.7 Å². The molecular formula is C37H50N6O4. The normalized spacial score (nSPS) is 14.5. The van der Waals surface area contributed by atoms with Gasteiger partial charge in [0.15, 0.2) is 11.5 Å². The largest absolute Gasteiger partial charge is 0.493 e. The zero-order valence-corrected chi connectivity index (χ0v) is 28.7. The number of fused-ring (bicyclic) bond motifs is 1. The summed E-state index contributed by atoms with van der Waals surface area (Å²) >= 11 is 0. The van der Waals surface area contributed by atoms with Crippen LogP contribution in [0.2, 0.25) is 0 Å². The number of benzene rings is 2. The number of methoxy groups -OCH3 is 3. The number of nitrogens with zero attached hydrogens (tertiary/aromatic N) is 6. The van der Waals surface area contributed by atoms with Crippen molar-refractivity contribution in [3.63, 3.8) is 0 Å². The van der Waals surface area contributed by atoms with E-state index in [4.69, 9.17) is 19.2 Å². The molecule has 1 saturated heterocycles. The molecule has 1 atom stereocenters. The molecule has 1 fully saturated rings. The molecule has 252 valence electrons. The third-order valence-corrected chi connectivity index (χ3v) is 9.21. The van der Waals surface area contributed by atoms with Crippen molar-refractivity contribution in [3.05, 3.63) is 72.1 Å². The average Bonchev–Trinajstić information content (AvgIpc) is 3.31. The summed E-state index contributed by atoms with van der Waals surface area (Å²) in [7, 11) is 6.53. The minimum Gasteiger partial charge on any atom is -0.493 e. The monoisotopic (exact) mass is 642 g/mol. The highest BCUT2D eigenvalue weighted by Crippen LogP contribution is 2.38. The fourth-order valence-corrected chi connectivity index (χ4v) is 6.61. The Morgan fingerprint density at radius 3 is 2.36 bits per heavy atom. The van der Waals surface area contributed by atoms with Gasteiger partial charge in [0.25, 0.3) is 5.91 Å². The predicted molar refractivity (Wildman–Crippen MR) is 187 cm³/mol. The van der Waals surface area contributed by atoms with Crippen molar-refractivity contribution in [1.29, 1.82) is 0 Å². The topological polar surface area (TPSA) is 85.2 Å². The molecule has 2 aromatic heterocycles. The number of hydrogen-bond acceptors (Lipinski definition) is 8. The van der Waals surface area contributed by atoms with E-state index in [0.29, 0.717) is 29.4 Å². The number of unbranched alkanes of at least 4 members (excludes halogenated alkanes) is 2. The first-order valence-electron chi connectivity index (χ1n) is 16.8. The minimum absolute atomic E-state index is 0.101. The highest BCUT2D eigenvalue weighted by atomic mass is 16.5. The van der Waals surface area contributed by atoms with E-state index in [0.717, 1.165) is 70.0 Å². The number of carbonyl (C=O) groups excluding carboxylic acids is 1. The first-order valence-corrected chi connectivity index (χ1v) is 16.8. The molecule has 4 aromatic rings. The maximum atomic E-state index is 13.7. The van der Waals surface area contributed by atoms with E-state index >= 15 is 0 Å². The number of carbonyl (C=O) groups is 1. The summed E-state index contributed by atoms with van der Waals surface area (Å²) in [5.41, 5.74) is 3.97. The van der Waals surface area contributed by atoms with Crippen LogP contribution in [0.15, 0.2) is 60.9 Å². The van der Waals surface area contributed by atoms with Gasteiger partial charge in [-0.3, -0.25) is 9.78 Å².